The van der Waals surface area contributed by atoms with Gasteiger partial charge in [0.15, 0.2) is 0 Å². The molecular formula is C17H17N3O. The van der Waals surface area contributed by atoms with Crippen molar-refractivity contribution in [2.45, 2.75) is 13.1 Å². The number of benzene rings is 2. The highest BCUT2D eigenvalue weighted by molar-refractivity contribution is 5.62. The van der Waals surface area contributed by atoms with Gasteiger partial charge in [0.05, 0.1) is 11.9 Å². The number of aromatic hydroxyl groups is 1. The maximum Gasteiger partial charge on any atom is 0.120 e. The van der Waals surface area contributed by atoms with E-state index in [4.69, 9.17) is 0 Å². The van der Waals surface area contributed by atoms with E-state index in [1.54, 1.807) is 6.07 Å². The van der Waals surface area contributed by atoms with Gasteiger partial charge in [-0.15, -0.1) is 0 Å². The fraction of sp³-hybridized carbons (Fsp3) is 0.118. The van der Waals surface area contributed by atoms with Gasteiger partial charge < -0.3 is 10.4 Å². The summed E-state index contributed by atoms with van der Waals surface area (Å²) in [6.45, 7) is 1.31. The Kier molecular flexibility index (Phi) is 3.98. The maximum atomic E-state index is 9.74. The van der Waals surface area contributed by atoms with E-state index in [0.29, 0.717) is 18.8 Å². The molecule has 0 aliphatic rings. The molecule has 2 aromatic carbocycles. The minimum absolute atomic E-state index is 0.320. The van der Waals surface area contributed by atoms with Crippen molar-refractivity contribution in [1.29, 1.82) is 0 Å². The molecule has 4 heteroatoms. The molecule has 0 fully saturated rings. The molecule has 4 nitrogen and oxygen atoms in total. The molecule has 0 amide bonds. The van der Waals surface area contributed by atoms with Crippen molar-refractivity contribution >= 4 is 0 Å². The number of H-pyrrole nitrogens is 1. The highest BCUT2D eigenvalue weighted by atomic mass is 16.3. The van der Waals surface area contributed by atoms with Crippen LogP contribution >= 0.6 is 0 Å². The lowest BCUT2D eigenvalue weighted by molar-refractivity contribution is 0.464. The van der Waals surface area contributed by atoms with Gasteiger partial charge in [-0.2, -0.15) is 5.10 Å². The summed E-state index contributed by atoms with van der Waals surface area (Å²) in [7, 11) is 0. The van der Waals surface area contributed by atoms with Gasteiger partial charge in [-0.05, 0) is 11.6 Å². The Labute approximate surface area is 123 Å². The van der Waals surface area contributed by atoms with Crippen LogP contribution in [-0.2, 0) is 13.1 Å². The number of nitrogens with one attached hydrogen (secondary N) is 2. The number of hydrogen-bond donors (Lipinski definition) is 3. The van der Waals surface area contributed by atoms with Gasteiger partial charge in [-0.1, -0.05) is 48.5 Å². The lowest BCUT2D eigenvalue weighted by Gasteiger charge is -2.07. The van der Waals surface area contributed by atoms with Crippen molar-refractivity contribution in [3.8, 4) is 17.0 Å². The smallest absolute Gasteiger partial charge is 0.120 e. The molecule has 3 rings (SSSR count). The van der Waals surface area contributed by atoms with Gasteiger partial charge in [0.25, 0.3) is 0 Å². The number of aromatic amines is 1. The third-order valence-corrected chi connectivity index (χ3v) is 3.40. The van der Waals surface area contributed by atoms with E-state index >= 15 is 0 Å². The molecule has 0 aliphatic heterocycles. The van der Waals surface area contributed by atoms with E-state index in [1.165, 1.54) is 0 Å². The average molecular weight is 279 g/mol. The Morgan fingerprint density at radius 1 is 0.905 bits per heavy atom. The van der Waals surface area contributed by atoms with Crippen LogP contribution in [0.2, 0.25) is 0 Å². The number of aromatic nitrogens is 2. The molecular weight excluding hydrogens is 262 g/mol. The molecule has 0 radical (unpaired) electrons. The number of nitrogens with zero attached hydrogens (tertiary/aromatic N) is 1. The van der Waals surface area contributed by atoms with Crippen LogP contribution in [0.5, 0.6) is 5.75 Å². The summed E-state index contributed by atoms with van der Waals surface area (Å²) in [5.74, 6) is 0.320. The van der Waals surface area contributed by atoms with Crippen molar-refractivity contribution in [2.24, 2.45) is 0 Å². The first-order valence-electron chi connectivity index (χ1n) is 6.90. The van der Waals surface area contributed by atoms with E-state index in [1.807, 2.05) is 42.6 Å². The van der Waals surface area contributed by atoms with Crippen LogP contribution in [-0.4, -0.2) is 15.3 Å². The number of para-hydroxylation sites is 1. The van der Waals surface area contributed by atoms with Crippen molar-refractivity contribution in [3.05, 3.63) is 71.9 Å². The second-order valence-corrected chi connectivity index (χ2v) is 4.87. The summed E-state index contributed by atoms with van der Waals surface area (Å²) in [4.78, 5) is 0. The molecule has 3 aromatic rings. The molecule has 0 bridgehead atoms. The maximum absolute atomic E-state index is 9.74. The fourth-order valence-corrected chi connectivity index (χ4v) is 2.29. The zero-order chi connectivity index (χ0) is 14.5. The highest BCUT2D eigenvalue weighted by Gasteiger charge is 2.07. The minimum atomic E-state index is 0.320. The summed E-state index contributed by atoms with van der Waals surface area (Å²) < 4.78 is 0. The van der Waals surface area contributed by atoms with Crippen LogP contribution in [0.25, 0.3) is 11.3 Å². The monoisotopic (exact) mass is 279 g/mol. The van der Waals surface area contributed by atoms with Gasteiger partial charge in [0.2, 0.25) is 0 Å². The first-order chi connectivity index (χ1) is 10.3. The van der Waals surface area contributed by atoms with Gasteiger partial charge in [-0.3, -0.25) is 5.10 Å². The topological polar surface area (TPSA) is 60.9 Å². The molecule has 0 spiro atoms. The zero-order valence-corrected chi connectivity index (χ0v) is 11.6. The van der Waals surface area contributed by atoms with E-state index < -0.39 is 0 Å². The number of phenols is 1. The summed E-state index contributed by atoms with van der Waals surface area (Å²) in [6.07, 6.45) is 1.83. The number of hydrogen-bond acceptors (Lipinski definition) is 3. The fourth-order valence-electron chi connectivity index (χ4n) is 2.29. The molecule has 0 atom stereocenters. The van der Waals surface area contributed by atoms with E-state index in [2.05, 4.69) is 27.6 Å². The Balaban J connectivity index is 1.67. The molecule has 0 saturated carbocycles. The quantitative estimate of drug-likeness (QED) is 0.672. The summed E-state index contributed by atoms with van der Waals surface area (Å²) in [6, 6.07) is 17.5. The van der Waals surface area contributed by atoms with Crippen LogP contribution in [0.1, 0.15) is 11.1 Å². The van der Waals surface area contributed by atoms with Crippen LogP contribution in [0.15, 0.2) is 60.8 Å². The number of phenolic OH excluding ortho intramolecular Hbond substituents is 1. The predicted molar refractivity (Wildman–Crippen MR) is 82.7 cm³/mol. The molecule has 0 saturated heterocycles. The number of rotatable bonds is 5. The van der Waals surface area contributed by atoms with E-state index in [0.717, 1.165) is 22.4 Å². The second-order valence-electron chi connectivity index (χ2n) is 4.87. The normalized spacial score (nSPS) is 10.7. The van der Waals surface area contributed by atoms with Crippen LogP contribution < -0.4 is 5.32 Å². The molecule has 0 aliphatic carbocycles. The molecule has 3 N–H and O–H groups in total. The van der Waals surface area contributed by atoms with Crippen LogP contribution in [0.4, 0.5) is 0 Å². The van der Waals surface area contributed by atoms with Gasteiger partial charge >= 0.3 is 0 Å². The van der Waals surface area contributed by atoms with Gasteiger partial charge in [0.1, 0.15) is 5.75 Å². The molecule has 21 heavy (non-hydrogen) atoms. The molecule has 1 aromatic heterocycles. The minimum Gasteiger partial charge on any atom is -0.508 e. The largest absolute Gasteiger partial charge is 0.508 e. The Morgan fingerprint density at radius 2 is 1.62 bits per heavy atom. The van der Waals surface area contributed by atoms with E-state index in [9.17, 15) is 5.11 Å². The van der Waals surface area contributed by atoms with Crippen molar-refractivity contribution in [1.82, 2.24) is 15.5 Å². The van der Waals surface area contributed by atoms with Crippen molar-refractivity contribution < 1.29 is 5.11 Å². The first kappa shape index (κ1) is 13.4. The summed E-state index contributed by atoms with van der Waals surface area (Å²) >= 11 is 0. The third-order valence-electron chi connectivity index (χ3n) is 3.40. The van der Waals surface area contributed by atoms with Gasteiger partial charge in [-0.25, -0.2) is 0 Å². The van der Waals surface area contributed by atoms with Crippen molar-refractivity contribution in [2.75, 3.05) is 0 Å². The van der Waals surface area contributed by atoms with Crippen molar-refractivity contribution in [3.63, 3.8) is 0 Å². The zero-order valence-electron chi connectivity index (χ0n) is 11.6. The Morgan fingerprint density at radius 3 is 2.43 bits per heavy atom. The van der Waals surface area contributed by atoms with Crippen LogP contribution in [0.3, 0.4) is 0 Å². The van der Waals surface area contributed by atoms with Gasteiger partial charge in [0, 0.05) is 24.2 Å². The predicted octanol–water partition coefficient (Wildman–Crippen LogP) is 3.07. The Hall–Kier alpha value is -2.59. The second kappa shape index (κ2) is 6.24. The van der Waals surface area contributed by atoms with Crippen LogP contribution in [0, 0.1) is 0 Å². The summed E-state index contributed by atoms with van der Waals surface area (Å²) in [5, 5.41) is 20.2. The Bertz CT molecular complexity index is 707. The highest BCUT2D eigenvalue weighted by Crippen LogP contribution is 2.21. The lowest BCUT2D eigenvalue weighted by Crippen LogP contribution is -2.12. The summed E-state index contributed by atoms with van der Waals surface area (Å²) in [5.41, 5.74) is 4.15. The molecule has 0 unspecified atom stereocenters. The third kappa shape index (κ3) is 3.12. The average Bonchev–Trinajstić information content (AvgIpc) is 2.99. The van der Waals surface area contributed by atoms with E-state index in [-0.39, 0.29) is 0 Å². The standard InChI is InChI=1S/C17H17N3O/c21-16-9-5-4-8-14(16)10-18-11-15-12-19-20-17(15)13-6-2-1-3-7-13/h1-9,12,18,21H,10-11H2,(H,19,20). The first-order valence-corrected chi connectivity index (χ1v) is 6.90. The lowest BCUT2D eigenvalue weighted by atomic mass is 10.1. The molecule has 106 valence electrons. The molecule has 1 heterocycles. The SMILES string of the molecule is Oc1ccccc1CNCc1cn[nH]c1-c1ccccc1.